The number of ether oxygens (including phenoxy) is 1. The third-order valence-electron chi connectivity index (χ3n) is 4.80. The first-order valence-corrected chi connectivity index (χ1v) is 8.78. The van der Waals surface area contributed by atoms with Gasteiger partial charge in [-0.05, 0) is 56.7 Å². The van der Waals surface area contributed by atoms with Crippen molar-refractivity contribution in [1.29, 1.82) is 0 Å². The second kappa shape index (κ2) is 7.68. The number of piperidine rings is 1. The number of nitrogens with two attached hydrogens (primary N) is 1. The van der Waals surface area contributed by atoms with Gasteiger partial charge in [0.15, 0.2) is 0 Å². The minimum absolute atomic E-state index is 0.354. The molecule has 0 saturated carbocycles. The van der Waals surface area contributed by atoms with Crippen molar-refractivity contribution in [2.24, 2.45) is 5.73 Å². The third-order valence-corrected chi connectivity index (χ3v) is 4.80. The summed E-state index contributed by atoms with van der Waals surface area (Å²) >= 11 is 0. The van der Waals surface area contributed by atoms with E-state index in [9.17, 15) is 4.79 Å². The van der Waals surface area contributed by atoms with E-state index in [0.717, 1.165) is 56.9 Å². The first-order valence-electron chi connectivity index (χ1n) is 8.78. The van der Waals surface area contributed by atoms with Gasteiger partial charge in [0.05, 0.1) is 11.7 Å². The van der Waals surface area contributed by atoms with Gasteiger partial charge in [0.1, 0.15) is 0 Å². The number of hydrogen-bond donors (Lipinski definition) is 2. The molecule has 0 radical (unpaired) electrons. The van der Waals surface area contributed by atoms with Crippen molar-refractivity contribution in [3.8, 4) is 0 Å². The van der Waals surface area contributed by atoms with Crippen molar-refractivity contribution in [2.45, 2.75) is 44.6 Å². The van der Waals surface area contributed by atoms with Gasteiger partial charge in [-0.25, -0.2) is 0 Å². The number of rotatable bonds is 6. The molecule has 1 atom stereocenters. The highest BCUT2D eigenvalue weighted by atomic mass is 16.5. The Bertz CT molecular complexity index is 535. The molecule has 2 aliphatic heterocycles. The summed E-state index contributed by atoms with van der Waals surface area (Å²) in [6.07, 6.45) is 7.33. The quantitative estimate of drug-likeness (QED) is 0.846. The molecule has 0 bridgehead atoms. The summed E-state index contributed by atoms with van der Waals surface area (Å²) in [5.74, 6) is -0.372. The molecule has 0 spiro atoms. The number of anilines is 2. The van der Waals surface area contributed by atoms with E-state index in [1.807, 2.05) is 12.1 Å². The smallest absolute Gasteiger partial charge is 0.250 e. The Kier molecular flexibility index (Phi) is 5.39. The van der Waals surface area contributed by atoms with Crippen molar-refractivity contribution in [3.05, 3.63) is 23.8 Å². The Balaban J connectivity index is 1.65. The molecule has 2 heterocycles. The molecule has 3 N–H and O–H groups in total. The van der Waals surface area contributed by atoms with Crippen LogP contribution in [0.2, 0.25) is 0 Å². The molecule has 5 heteroatoms. The lowest BCUT2D eigenvalue weighted by atomic mass is 10.1. The largest absolute Gasteiger partial charge is 0.384 e. The van der Waals surface area contributed by atoms with Crippen LogP contribution in [0.3, 0.4) is 0 Å². The predicted octanol–water partition coefficient (Wildman–Crippen LogP) is 2.76. The van der Waals surface area contributed by atoms with Gasteiger partial charge in [0.25, 0.3) is 5.91 Å². The molecule has 2 aliphatic rings. The maximum Gasteiger partial charge on any atom is 0.250 e. The number of amides is 1. The van der Waals surface area contributed by atoms with E-state index in [4.69, 9.17) is 10.5 Å². The van der Waals surface area contributed by atoms with Gasteiger partial charge in [0, 0.05) is 37.6 Å². The molecule has 1 aromatic rings. The van der Waals surface area contributed by atoms with E-state index in [-0.39, 0.29) is 5.91 Å². The Labute approximate surface area is 138 Å². The van der Waals surface area contributed by atoms with Crippen LogP contribution in [0.25, 0.3) is 0 Å². The second-order valence-electron chi connectivity index (χ2n) is 6.49. The number of carbonyl (C=O) groups excluding carboxylic acids is 1. The standard InChI is InChI=1S/C18H27N3O2/c19-18(22)16-13-14(21-10-2-1-3-11-21)6-7-17(16)20-9-8-15-5-4-12-23-15/h6-7,13,15,20H,1-5,8-12H2,(H2,19,22)/t15-/m1/s1. The molecular weight excluding hydrogens is 290 g/mol. The molecule has 2 fully saturated rings. The fourth-order valence-corrected chi connectivity index (χ4v) is 3.48. The van der Waals surface area contributed by atoms with E-state index in [2.05, 4.69) is 16.3 Å². The molecule has 0 aromatic heterocycles. The summed E-state index contributed by atoms with van der Waals surface area (Å²) in [4.78, 5) is 14.2. The number of benzene rings is 1. The number of carbonyl (C=O) groups is 1. The molecule has 23 heavy (non-hydrogen) atoms. The van der Waals surface area contributed by atoms with Gasteiger partial charge in [-0.3, -0.25) is 4.79 Å². The van der Waals surface area contributed by atoms with Crippen molar-refractivity contribution in [3.63, 3.8) is 0 Å². The number of nitrogens with one attached hydrogen (secondary N) is 1. The van der Waals surface area contributed by atoms with E-state index in [0.29, 0.717) is 11.7 Å². The van der Waals surface area contributed by atoms with Gasteiger partial charge in [0.2, 0.25) is 0 Å². The van der Waals surface area contributed by atoms with Crippen LogP contribution in [-0.2, 0) is 4.74 Å². The van der Waals surface area contributed by atoms with Crippen LogP contribution in [-0.4, -0.2) is 38.3 Å². The Morgan fingerprint density at radius 2 is 2.09 bits per heavy atom. The topological polar surface area (TPSA) is 67.6 Å². The van der Waals surface area contributed by atoms with Crippen molar-refractivity contribution in [1.82, 2.24) is 0 Å². The Morgan fingerprint density at radius 1 is 1.26 bits per heavy atom. The van der Waals surface area contributed by atoms with Gasteiger partial charge < -0.3 is 20.7 Å². The highest BCUT2D eigenvalue weighted by Gasteiger charge is 2.17. The molecule has 5 nitrogen and oxygen atoms in total. The van der Waals surface area contributed by atoms with Crippen LogP contribution in [0.5, 0.6) is 0 Å². The van der Waals surface area contributed by atoms with E-state index < -0.39 is 0 Å². The Morgan fingerprint density at radius 3 is 2.78 bits per heavy atom. The van der Waals surface area contributed by atoms with Gasteiger partial charge >= 0.3 is 0 Å². The van der Waals surface area contributed by atoms with Gasteiger partial charge in [-0.1, -0.05) is 0 Å². The summed E-state index contributed by atoms with van der Waals surface area (Å²) in [7, 11) is 0. The Hall–Kier alpha value is -1.75. The molecular formula is C18H27N3O2. The van der Waals surface area contributed by atoms with Crippen LogP contribution < -0.4 is 16.0 Å². The van der Waals surface area contributed by atoms with E-state index in [1.54, 1.807) is 0 Å². The third kappa shape index (κ3) is 4.16. The molecule has 2 saturated heterocycles. The highest BCUT2D eigenvalue weighted by molar-refractivity contribution is 5.99. The van der Waals surface area contributed by atoms with Crippen LogP contribution in [0.15, 0.2) is 18.2 Å². The van der Waals surface area contributed by atoms with E-state index >= 15 is 0 Å². The van der Waals surface area contributed by atoms with Crippen LogP contribution in [0.4, 0.5) is 11.4 Å². The second-order valence-corrected chi connectivity index (χ2v) is 6.49. The first kappa shape index (κ1) is 16.1. The number of nitrogens with zero attached hydrogens (tertiary/aromatic N) is 1. The summed E-state index contributed by atoms with van der Waals surface area (Å²) in [6.45, 7) is 3.80. The summed E-state index contributed by atoms with van der Waals surface area (Å²) < 4.78 is 5.63. The van der Waals surface area contributed by atoms with Crippen LogP contribution >= 0.6 is 0 Å². The maximum atomic E-state index is 11.8. The lowest BCUT2D eigenvalue weighted by Crippen LogP contribution is -2.29. The number of hydrogen-bond acceptors (Lipinski definition) is 4. The average Bonchev–Trinajstić information content (AvgIpc) is 3.09. The van der Waals surface area contributed by atoms with Crippen molar-refractivity contribution < 1.29 is 9.53 Å². The van der Waals surface area contributed by atoms with Crippen molar-refractivity contribution >= 4 is 17.3 Å². The first-order chi connectivity index (χ1) is 11.2. The zero-order valence-corrected chi connectivity index (χ0v) is 13.7. The maximum absolute atomic E-state index is 11.8. The molecule has 0 unspecified atom stereocenters. The van der Waals surface area contributed by atoms with Crippen molar-refractivity contribution in [2.75, 3.05) is 36.5 Å². The minimum atomic E-state index is -0.372. The lowest BCUT2D eigenvalue weighted by Gasteiger charge is -2.29. The predicted molar refractivity (Wildman–Crippen MR) is 93.1 cm³/mol. The molecule has 1 aromatic carbocycles. The minimum Gasteiger partial charge on any atom is -0.384 e. The van der Waals surface area contributed by atoms with Crippen LogP contribution in [0, 0.1) is 0 Å². The summed E-state index contributed by atoms with van der Waals surface area (Å²) in [5.41, 5.74) is 8.10. The van der Waals surface area contributed by atoms with E-state index in [1.165, 1.54) is 19.3 Å². The van der Waals surface area contributed by atoms with Crippen LogP contribution in [0.1, 0.15) is 48.9 Å². The normalized spacial score (nSPS) is 21.4. The molecule has 0 aliphatic carbocycles. The fourth-order valence-electron chi connectivity index (χ4n) is 3.48. The number of primary amides is 1. The highest BCUT2D eigenvalue weighted by Crippen LogP contribution is 2.26. The SMILES string of the molecule is NC(=O)c1cc(N2CCCCC2)ccc1NCC[C@H]1CCCO1. The molecule has 3 rings (SSSR count). The monoisotopic (exact) mass is 317 g/mol. The van der Waals surface area contributed by atoms with Gasteiger partial charge in [-0.2, -0.15) is 0 Å². The fraction of sp³-hybridized carbons (Fsp3) is 0.611. The summed E-state index contributed by atoms with van der Waals surface area (Å²) in [6, 6.07) is 6.01. The summed E-state index contributed by atoms with van der Waals surface area (Å²) in [5, 5.41) is 3.35. The molecule has 126 valence electrons. The van der Waals surface area contributed by atoms with Gasteiger partial charge in [-0.15, -0.1) is 0 Å². The lowest BCUT2D eigenvalue weighted by molar-refractivity contribution is 0.100. The zero-order chi connectivity index (χ0) is 16.1. The zero-order valence-electron chi connectivity index (χ0n) is 13.7. The average molecular weight is 317 g/mol. The molecule has 1 amide bonds.